The van der Waals surface area contributed by atoms with E-state index in [2.05, 4.69) is 37.7 Å². The van der Waals surface area contributed by atoms with Crippen LogP contribution in [-0.4, -0.2) is 35.2 Å². The van der Waals surface area contributed by atoms with Crippen molar-refractivity contribution < 1.29 is 14.2 Å². The van der Waals surface area contributed by atoms with Gasteiger partial charge in [-0.15, -0.1) is 6.42 Å². The van der Waals surface area contributed by atoms with Crippen molar-refractivity contribution in [2.24, 2.45) is 0 Å². The monoisotopic (exact) mass is 433 g/mol. The molecule has 0 amide bonds. The summed E-state index contributed by atoms with van der Waals surface area (Å²) >= 11 is 0. The first-order chi connectivity index (χ1) is 15.3. The molecule has 2 aliphatic rings. The molecule has 1 atom stereocenters. The molecule has 0 spiro atoms. The number of ether oxygens (including phenoxy) is 1. The fraction of sp³-hybridized carbons (Fsp3) is 0.429. The summed E-state index contributed by atoms with van der Waals surface area (Å²) < 4.78 is 19.5. The van der Waals surface area contributed by atoms with Crippen LogP contribution in [0.25, 0.3) is 5.57 Å². The molecule has 0 radical (unpaired) electrons. The van der Waals surface area contributed by atoms with Gasteiger partial charge in [0.2, 0.25) is 0 Å². The molecule has 2 aliphatic heterocycles. The van der Waals surface area contributed by atoms with Gasteiger partial charge >= 0.3 is 0 Å². The second kappa shape index (κ2) is 9.00. The third-order valence-corrected chi connectivity index (χ3v) is 6.82. The molecule has 0 saturated carbocycles. The third kappa shape index (κ3) is 4.54. The largest absolute Gasteiger partial charge is 0.507 e. The van der Waals surface area contributed by atoms with Gasteiger partial charge in [0.15, 0.2) is 0 Å². The van der Waals surface area contributed by atoms with Gasteiger partial charge in [0, 0.05) is 13.1 Å². The van der Waals surface area contributed by atoms with Crippen LogP contribution in [0.5, 0.6) is 11.5 Å². The summed E-state index contributed by atoms with van der Waals surface area (Å²) in [5.74, 6) is 3.86. The lowest BCUT2D eigenvalue weighted by Gasteiger charge is -2.42. The van der Waals surface area contributed by atoms with Gasteiger partial charge < -0.3 is 9.84 Å². The Labute approximate surface area is 190 Å². The molecule has 3 nitrogen and oxygen atoms in total. The number of phenolic OH excluding ortho intramolecular Hbond substituents is 1. The quantitative estimate of drug-likeness (QED) is 0.574. The van der Waals surface area contributed by atoms with Crippen LogP contribution in [0.15, 0.2) is 42.0 Å². The average molecular weight is 434 g/mol. The molecule has 0 aromatic heterocycles. The predicted octanol–water partition coefficient (Wildman–Crippen LogP) is 5.92. The van der Waals surface area contributed by atoms with E-state index >= 15 is 0 Å². The van der Waals surface area contributed by atoms with E-state index in [1.807, 2.05) is 18.2 Å². The van der Waals surface area contributed by atoms with E-state index in [4.69, 9.17) is 11.2 Å². The van der Waals surface area contributed by atoms with Gasteiger partial charge in [-0.05, 0) is 92.0 Å². The van der Waals surface area contributed by atoms with Crippen molar-refractivity contribution in [3.05, 3.63) is 64.5 Å². The number of rotatable bonds is 6. The van der Waals surface area contributed by atoms with Gasteiger partial charge in [-0.25, -0.2) is 4.39 Å². The van der Waals surface area contributed by atoms with Crippen LogP contribution in [0.1, 0.15) is 62.6 Å². The lowest BCUT2D eigenvalue weighted by Crippen LogP contribution is -2.42. The number of aryl methyl sites for hydroxylation is 1. The fourth-order valence-electron chi connectivity index (χ4n) is 5.03. The van der Waals surface area contributed by atoms with E-state index in [-0.39, 0.29) is 17.5 Å². The summed E-state index contributed by atoms with van der Waals surface area (Å²) in [5, 5.41) is 11.0. The lowest BCUT2D eigenvalue weighted by molar-refractivity contribution is 0.131. The molecule has 0 bridgehead atoms. The number of nitrogens with zero attached hydrogens (tertiary/aromatic N) is 1. The summed E-state index contributed by atoms with van der Waals surface area (Å²) in [6.07, 6.45) is 9.31. The van der Waals surface area contributed by atoms with Gasteiger partial charge in [-0.3, -0.25) is 4.90 Å². The minimum Gasteiger partial charge on any atom is -0.507 e. The summed E-state index contributed by atoms with van der Waals surface area (Å²) in [6, 6.07) is 10.7. The molecular formula is C28H32FNO2. The van der Waals surface area contributed by atoms with E-state index < -0.39 is 5.60 Å². The molecule has 0 fully saturated rings. The van der Waals surface area contributed by atoms with Crippen LogP contribution in [0.3, 0.4) is 0 Å². The van der Waals surface area contributed by atoms with Crippen LogP contribution in [0, 0.1) is 18.2 Å². The van der Waals surface area contributed by atoms with Crippen molar-refractivity contribution in [2.45, 2.75) is 58.0 Å². The maximum atomic E-state index is 13.1. The zero-order valence-electron chi connectivity index (χ0n) is 19.2. The number of aromatic hydroxyl groups is 1. The van der Waals surface area contributed by atoms with E-state index in [1.165, 1.54) is 17.7 Å². The third-order valence-electron chi connectivity index (χ3n) is 6.82. The SMILES string of the molecule is C#CCN1CCC2=C(C1)c1c(O)cc([C@@H](C)CCCc3ccc(F)cc3)cc1OC2(C)C. The Morgan fingerprint density at radius 2 is 2.00 bits per heavy atom. The highest BCUT2D eigenvalue weighted by Crippen LogP contribution is 2.48. The second-order valence-corrected chi connectivity index (χ2v) is 9.57. The first-order valence-electron chi connectivity index (χ1n) is 11.5. The molecule has 168 valence electrons. The van der Waals surface area contributed by atoms with Crippen molar-refractivity contribution >= 4 is 5.57 Å². The molecule has 2 heterocycles. The molecule has 4 heteroatoms. The van der Waals surface area contributed by atoms with Crippen LogP contribution >= 0.6 is 0 Å². The molecular weight excluding hydrogens is 401 g/mol. The number of benzene rings is 2. The summed E-state index contributed by atoms with van der Waals surface area (Å²) in [5.41, 5.74) is 5.06. The number of hydrogen-bond acceptors (Lipinski definition) is 3. The molecule has 1 N–H and O–H groups in total. The minimum absolute atomic E-state index is 0.201. The second-order valence-electron chi connectivity index (χ2n) is 9.57. The minimum atomic E-state index is -0.401. The van der Waals surface area contributed by atoms with Gasteiger partial charge in [-0.1, -0.05) is 25.0 Å². The smallest absolute Gasteiger partial charge is 0.132 e. The van der Waals surface area contributed by atoms with Crippen molar-refractivity contribution in [2.75, 3.05) is 19.6 Å². The maximum Gasteiger partial charge on any atom is 0.132 e. The Kier molecular flexibility index (Phi) is 6.31. The zero-order chi connectivity index (χ0) is 22.9. The highest BCUT2D eigenvalue weighted by molar-refractivity contribution is 5.82. The maximum absolute atomic E-state index is 13.1. The number of terminal acetylenes is 1. The number of hydrogen-bond donors (Lipinski definition) is 1. The van der Waals surface area contributed by atoms with Gasteiger partial charge in [0.1, 0.15) is 22.9 Å². The standard InChI is InChI=1S/C28H32FNO2/c1-5-14-30-15-13-24-23(18-30)27-25(31)16-21(17-26(27)32-28(24,3)4)19(2)7-6-8-20-9-11-22(29)12-10-20/h1,9-12,16-17,19,31H,6-8,13-15,18H2,2-4H3/t19-/m0/s1. The summed E-state index contributed by atoms with van der Waals surface area (Å²) in [6.45, 7) is 8.65. The average Bonchev–Trinajstić information content (AvgIpc) is 2.74. The first-order valence-corrected chi connectivity index (χ1v) is 11.5. The normalized spacial score (nSPS) is 18.3. The van der Waals surface area contributed by atoms with Gasteiger partial charge in [0.25, 0.3) is 0 Å². The van der Waals surface area contributed by atoms with Crippen LogP contribution < -0.4 is 4.74 Å². The highest BCUT2D eigenvalue weighted by Gasteiger charge is 2.39. The van der Waals surface area contributed by atoms with Crippen molar-refractivity contribution in [1.29, 1.82) is 0 Å². The van der Waals surface area contributed by atoms with Crippen LogP contribution in [0.4, 0.5) is 4.39 Å². The summed E-state index contributed by atoms with van der Waals surface area (Å²) in [7, 11) is 0. The molecule has 0 aliphatic carbocycles. The predicted molar refractivity (Wildman–Crippen MR) is 127 cm³/mol. The van der Waals surface area contributed by atoms with E-state index in [9.17, 15) is 9.50 Å². The Morgan fingerprint density at radius 3 is 2.72 bits per heavy atom. The Morgan fingerprint density at radius 1 is 1.25 bits per heavy atom. The fourth-order valence-corrected chi connectivity index (χ4v) is 5.03. The Hall–Kier alpha value is -2.77. The van der Waals surface area contributed by atoms with Crippen LogP contribution in [0.2, 0.25) is 0 Å². The molecule has 2 aromatic rings. The van der Waals surface area contributed by atoms with E-state index in [0.717, 1.165) is 66.8 Å². The van der Waals surface area contributed by atoms with Crippen molar-refractivity contribution in [3.8, 4) is 23.8 Å². The first kappa shape index (κ1) is 22.4. The highest BCUT2D eigenvalue weighted by atomic mass is 19.1. The molecule has 4 rings (SSSR count). The molecule has 2 aromatic carbocycles. The molecule has 0 unspecified atom stereocenters. The molecule has 0 saturated heterocycles. The molecule has 32 heavy (non-hydrogen) atoms. The Balaban J connectivity index is 1.54. The van der Waals surface area contributed by atoms with Gasteiger partial charge in [-0.2, -0.15) is 0 Å². The number of phenols is 1. The topological polar surface area (TPSA) is 32.7 Å². The van der Waals surface area contributed by atoms with Gasteiger partial charge in [0.05, 0.1) is 12.1 Å². The Bertz CT molecular complexity index is 1060. The van der Waals surface area contributed by atoms with E-state index in [1.54, 1.807) is 0 Å². The number of fused-ring (bicyclic) bond motifs is 2. The van der Waals surface area contributed by atoms with Crippen LogP contribution in [-0.2, 0) is 6.42 Å². The lowest BCUT2D eigenvalue weighted by atomic mass is 9.80. The van der Waals surface area contributed by atoms with Crippen molar-refractivity contribution in [3.63, 3.8) is 0 Å². The summed E-state index contributed by atoms with van der Waals surface area (Å²) in [4.78, 5) is 2.25. The van der Waals surface area contributed by atoms with Crippen molar-refractivity contribution in [1.82, 2.24) is 4.90 Å². The van der Waals surface area contributed by atoms with E-state index in [0.29, 0.717) is 6.54 Å². The number of halogens is 1. The zero-order valence-corrected chi connectivity index (χ0v) is 19.2.